The van der Waals surface area contributed by atoms with Crippen LogP contribution in [0, 0.1) is 12.7 Å². The molecule has 1 saturated carbocycles. The van der Waals surface area contributed by atoms with E-state index >= 15 is 0 Å². The van der Waals surface area contributed by atoms with E-state index < -0.39 is 0 Å². The van der Waals surface area contributed by atoms with Gasteiger partial charge in [-0.25, -0.2) is 9.37 Å². The molecule has 2 aromatic heterocycles. The van der Waals surface area contributed by atoms with Gasteiger partial charge in [0, 0.05) is 22.5 Å². The molecule has 0 N–H and O–H groups in total. The average Bonchev–Trinajstić information content (AvgIpc) is 3.26. The second-order valence-corrected chi connectivity index (χ2v) is 9.10. The normalized spacial score (nSPS) is 18.0. The Bertz CT molecular complexity index is 1260. The van der Waals surface area contributed by atoms with Crippen molar-refractivity contribution in [1.29, 1.82) is 0 Å². The summed E-state index contributed by atoms with van der Waals surface area (Å²) in [5, 5.41) is 2.56. The maximum Gasteiger partial charge on any atom is 0.213 e. The van der Waals surface area contributed by atoms with Gasteiger partial charge >= 0.3 is 0 Å². The second-order valence-electron chi connectivity index (χ2n) is 7.57. The third kappa shape index (κ3) is 2.43. The monoisotopic (exact) mass is 410 g/mol. The molecular formula is C22H16ClFN2OS. The number of fused-ring (bicyclic) bond motifs is 5. The van der Waals surface area contributed by atoms with Crippen molar-refractivity contribution in [1.82, 2.24) is 9.55 Å². The van der Waals surface area contributed by atoms with E-state index in [2.05, 4.69) is 34.7 Å². The maximum absolute atomic E-state index is 14.9. The number of nitrogens with zero attached hydrogens (tertiary/aromatic N) is 2. The summed E-state index contributed by atoms with van der Waals surface area (Å²) in [5.74, 6) is 0.693. The van der Waals surface area contributed by atoms with Crippen molar-refractivity contribution in [3.63, 3.8) is 0 Å². The number of thiazole rings is 1. The maximum atomic E-state index is 14.9. The number of hydrogen-bond donors (Lipinski definition) is 0. The first-order valence-electron chi connectivity index (χ1n) is 9.32. The third-order valence-electron chi connectivity index (χ3n) is 5.45. The Morgan fingerprint density at radius 1 is 1.21 bits per heavy atom. The Morgan fingerprint density at radius 3 is 2.89 bits per heavy atom. The van der Waals surface area contributed by atoms with Crippen molar-refractivity contribution in [2.24, 2.45) is 0 Å². The van der Waals surface area contributed by atoms with E-state index in [9.17, 15) is 4.39 Å². The molecule has 140 valence electrons. The largest absolute Gasteiger partial charge is 0.464 e. The molecular weight excluding hydrogens is 395 g/mol. The van der Waals surface area contributed by atoms with Gasteiger partial charge < -0.3 is 4.74 Å². The third-order valence-corrected chi connectivity index (χ3v) is 6.86. The molecule has 1 aliphatic carbocycles. The fourth-order valence-electron chi connectivity index (χ4n) is 3.98. The Labute approximate surface area is 170 Å². The van der Waals surface area contributed by atoms with E-state index in [4.69, 9.17) is 16.3 Å². The zero-order valence-corrected chi connectivity index (χ0v) is 16.6. The SMILES string of the molecule is Cc1ccc2c(c1)cc1n2C(c2cnc(C3CC3)s2)Oc2cc(Cl)cc(F)c2-1. The van der Waals surface area contributed by atoms with Gasteiger partial charge in [-0.2, -0.15) is 0 Å². The minimum Gasteiger partial charge on any atom is -0.464 e. The van der Waals surface area contributed by atoms with Crippen LogP contribution < -0.4 is 4.74 Å². The van der Waals surface area contributed by atoms with Gasteiger partial charge in [0.25, 0.3) is 0 Å². The van der Waals surface area contributed by atoms with Crippen molar-refractivity contribution in [3.05, 3.63) is 68.9 Å². The van der Waals surface area contributed by atoms with Crippen LogP contribution in [0.15, 0.2) is 42.6 Å². The topological polar surface area (TPSA) is 27.1 Å². The van der Waals surface area contributed by atoms with Crippen LogP contribution in [-0.4, -0.2) is 9.55 Å². The summed E-state index contributed by atoms with van der Waals surface area (Å²) in [6.07, 6.45) is 3.93. The van der Waals surface area contributed by atoms with Crippen molar-refractivity contribution < 1.29 is 9.13 Å². The van der Waals surface area contributed by atoms with Crippen LogP contribution in [0.1, 0.15) is 40.4 Å². The summed E-state index contributed by atoms with van der Waals surface area (Å²) in [7, 11) is 0. The van der Waals surface area contributed by atoms with Crippen LogP contribution in [0.25, 0.3) is 22.2 Å². The van der Waals surface area contributed by atoms with Gasteiger partial charge in [0.15, 0.2) is 0 Å². The van der Waals surface area contributed by atoms with Gasteiger partial charge in [0.2, 0.25) is 6.23 Å². The lowest BCUT2D eigenvalue weighted by atomic mass is 10.1. The van der Waals surface area contributed by atoms with E-state index in [1.807, 2.05) is 12.3 Å². The molecule has 4 aromatic rings. The first-order valence-corrected chi connectivity index (χ1v) is 10.5. The number of rotatable bonds is 2. The van der Waals surface area contributed by atoms with Crippen LogP contribution in [0.3, 0.4) is 0 Å². The fourth-order valence-corrected chi connectivity index (χ4v) is 5.29. The van der Waals surface area contributed by atoms with Gasteiger partial charge in [0.1, 0.15) is 11.6 Å². The molecule has 2 aromatic carbocycles. The predicted molar refractivity (Wildman–Crippen MR) is 110 cm³/mol. The molecule has 6 rings (SSSR count). The molecule has 0 spiro atoms. The summed E-state index contributed by atoms with van der Waals surface area (Å²) in [6, 6.07) is 11.3. The quantitative estimate of drug-likeness (QED) is 0.368. The van der Waals surface area contributed by atoms with Crippen LogP contribution in [0.2, 0.25) is 5.02 Å². The molecule has 3 heterocycles. The molecule has 2 aliphatic rings. The summed E-state index contributed by atoms with van der Waals surface area (Å²) >= 11 is 7.81. The summed E-state index contributed by atoms with van der Waals surface area (Å²) in [4.78, 5) is 5.64. The molecule has 0 saturated heterocycles. The Morgan fingerprint density at radius 2 is 2.07 bits per heavy atom. The van der Waals surface area contributed by atoms with Gasteiger partial charge in [-0.1, -0.05) is 23.2 Å². The molecule has 0 radical (unpaired) electrons. The molecule has 3 nitrogen and oxygen atoms in total. The van der Waals surface area contributed by atoms with Crippen LogP contribution in [0.5, 0.6) is 5.75 Å². The molecule has 1 unspecified atom stereocenters. The van der Waals surface area contributed by atoms with E-state index in [0.717, 1.165) is 26.5 Å². The number of benzene rings is 2. The van der Waals surface area contributed by atoms with E-state index in [0.29, 0.717) is 22.3 Å². The lowest BCUT2D eigenvalue weighted by Crippen LogP contribution is -2.22. The molecule has 0 amide bonds. The minimum atomic E-state index is -0.384. The van der Waals surface area contributed by atoms with Crippen molar-refractivity contribution in [3.8, 4) is 17.0 Å². The number of aryl methyl sites for hydroxylation is 1. The highest BCUT2D eigenvalue weighted by Gasteiger charge is 2.34. The number of hydrogen-bond acceptors (Lipinski definition) is 3. The standard InChI is InChI=1S/C22H16ClFN2OS/c1-11-2-5-16-13(6-11)7-17-20-15(24)8-14(23)9-18(20)27-22(26(16)17)19-10-25-21(28-19)12-3-4-12/h2,5-10,12,22H,3-4H2,1H3. The average molecular weight is 411 g/mol. The van der Waals surface area contributed by atoms with Gasteiger partial charge in [-0.3, -0.25) is 4.57 Å². The summed E-state index contributed by atoms with van der Waals surface area (Å²) in [6.45, 7) is 2.06. The van der Waals surface area contributed by atoms with Gasteiger partial charge in [0.05, 0.1) is 26.7 Å². The number of aromatic nitrogens is 2. The molecule has 6 heteroatoms. The Balaban J connectivity index is 1.62. The second kappa shape index (κ2) is 5.82. The minimum absolute atomic E-state index is 0.332. The number of ether oxygens (including phenoxy) is 1. The molecule has 1 aliphatic heterocycles. The zero-order chi connectivity index (χ0) is 19.0. The highest BCUT2D eigenvalue weighted by atomic mass is 35.5. The van der Waals surface area contributed by atoms with Crippen LogP contribution in [-0.2, 0) is 0 Å². The zero-order valence-electron chi connectivity index (χ0n) is 15.1. The molecule has 28 heavy (non-hydrogen) atoms. The van der Waals surface area contributed by atoms with Crippen molar-refractivity contribution in [2.75, 3.05) is 0 Å². The van der Waals surface area contributed by atoms with Crippen LogP contribution in [0.4, 0.5) is 4.39 Å². The lowest BCUT2D eigenvalue weighted by molar-refractivity contribution is 0.176. The summed E-state index contributed by atoms with van der Waals surface area (Å²) < 4.78 is 23.3. The molecule has 1 atom stereocenters. The predicted octanol–water partition coefficient (Wildman–Crippen LogP) is 6.68. The van der Waals surface area contributed by atoms with E-state index in [1.54, 1.807) is 17.4 Å². The Hall–Kier alpha value is -2.37. The van der Waals surface area contributed by atoms with Crippen molar-refractivity contribution in [2.45, 2.75) is 31.9 Å². The molecule has 0 bridgehead atoms. The van der Waals surface area contributed by atoms with Gasteiger partial charge in [-0.15, -0.1) is 11.3 Å². The lowest BCUT2D eigenvalue weighted by Gasteiger charge is -2.29. The molecule has 1 fully saturated rings. The van der Waals surface area contributed by atoms with Gasteiger partial charge in [-0.05, 0) is 50.1 Å². The number of halogens is 2. The Kier molecular flexibility index (Phi) is 3.44. The highest BCUT2D eigenvalue weighted by molar-refractivity contribution is 7.11. The first kappa shape index (κ1) is 16.6. The summed E-state index contributed by atoms with van der Waals surface area (Å²) in [5.41, 5.74) is 3.45. The van der Waals surface area contributed by atoms with E-state index in [1.165, 1.54) is 24.5 Å². The van der Waals surface area contributed by atoms with Crippen molar-refractivity contribution >= 4 is 33.8 Å². The van der Waals surface area contributed by atoms with E-state index in [-0.39, 0.29) is 12.0 Å². The first-order chi connectivity index (χ1) is 13.6. The fraction of sp³-hybridized carbons (Fsp3) is 0.227. The highest BCUT2D eigenvalue weighted by Crippen LogP contribution is 2.48. The smallest absolute Gasteiger partial charge is 0.213 e. The van der Waals surface area contributed by atoms with Crippen LogP contribution >= 0.6 is 22.9 Å².